The fraction of sp³-hybridized carbons (Fsp3) is 0.423. The molecule has 4 rings (SSSR count). The Bertz CT molecular complexity index is 1250. The highest BCUT2D eigenvalue weighted by Gasteiger charge is 2.30. The molecule has 1 saturated carbocycles. The van der Waals surface area contributed by atoms with Crippen molar-refractivity contribution in [2.75, 3.05) is 30.8 Å². The summed E-state index contributed by atoms with van der Waals surface area (Å²) in [5.74, 6) is -0.624. The van der Waals surface area contributed by atoms with Crippen molar-refractivity contribution < 1.29 is 18.8 Å². The molecule has 0 unspecified atom stereocenters. The van der Waals surface area contributed by atoms with Crippen LogP contribution in [0.4, 0.5) is 11.5 Å². The van der Waals surface area contributed by atoms with Crippen molar-refractivity contribution >= 4 is 51.9 Å². The van der Waals surface area contributed by atoms with Crippen LogP contribution in [0.5, 0.6) is 0 Å². The van der Waals surface area contributed by atoms with Crippen LogP contribution in [0.1, 0.15) is 49.6 Å². The van der Waals surface area contributed by atoms with Crippen LogP contribution in [0.2, 0.25) is 5.02 Å². The zero-order valence-electron chi connectivity index (χ0n) is 20.9. The molecule has 10 nitrogen and oxygen atoms in total. The first-order chi connectivity index (χ1) is 17.8. The molecule has 1 aliphatic rings. The van der Waals surface area contributed by atoms with Gasteiger partial charge in [-0.25, -0.2) is 4.98 Å². The zero-order valence-corrected chi connectivity index (χ0v) is 21.7. The first kappa shape index (κ1) is 26.6. The van der Waals surface area contributed by atoms with Gasteiger partial charge in [0.25, 0.3) is 5.91 Å². The third-order valence-corrected chi connectivity index (χ3v) is 6.85. The zero-order chi connectivity index (χ0) is 26.4. The van der Waals surface area contributed by atoms with E-state index in [0.29, 0.717) is 34.5 Å². The van der Waals surface area contributed by atoms with Crippen LogP contribution < -0.4 is 16.0 Å². The van der Waals surface area contributed by atoms with Gasteiger partial charge in [-0.3, -0.25) is 19.4 Å². The second-order valence-electron chi connectivity index (χ2n) is 9.28. The van der Waals surface area contributed by atoms with Gasteiger partial charge in [0.15, 0.2) is 5.58 Å². The number of pyridine rings is 2. The topological polar surface area (TPSA) is 129 Å². The van der Waals surface area contributed by atoms with Crippen molar-refractivity contribution in [2.24, 2.45) is 5.92 Å². The lowest BCUT2D eigenvalue weighted by Crippen LogP contribution is -2.39. The summed E-state index contributed by atoms with van der Waals surface area (Å²) in [7, 11) is 2.09. The molecule has 11 heteroatoms. The Morgan fingerprint density at radius 1 is 1.11 bits per heavy atom. The second-order valence-corrected chi connectivity index (χ2v) is 9.72. The van der Waals surface area contributed by atoms with Crippen molar-refractivity contribution in [2.45, 2.75) is 45.1 Å². The van der Waals surface area contributed by atoms with Gasteiger partial charge in [0.05, 0.1) is 5.02 Å². The monoisotopic (exact) mass is 526 g/mol. The number of anilines is 2. The van der Waals surface area contributed by atoms with E-state index in [1.807, 2.05) is 0 Å². The van der Waals surface area contributed by atoms with E-state index in [2.05, 4.69) is 37.9 Å². The molecule has 0 bridgehead atoms. The summed E-state index contributed by atoms with van der Waals surface area (Å²) < 4.78 is 5.78. The van der Waals surface area contributed by atoms with E-state index in [4.69, 9.17) is 16.0 Å². The molecule has 37 heavy (non-hydrogen) atoms. The first-order valence-corrected chi connectivity index (χ1v) is 12.8. The molecule has 196 valence electrons. The average Bonchev–Trinajstić information content (AvgIpc) is 3.26. The molecule has 0 atom stereocenters. The standard InChI is InChI=1S/C26H31ClN6O4/c1-16(34)28-13-4-14-33(2)19-9-6-17(7-10-19)25(35)32-23-22-20(5-3-12-29-22)37-24(23)26(36)31-21-11-8-18(27)15-30-21/h3,5,8,11-12,15,17,19H,4,6-7,9-10,13-14H2,1-2H3,(H,28,34)(H,32,35)(H,30,31,36)/t17-,19-. The number of nitrogens with zero attached hydrogens (tertiary/aromatic N) is 3. The smallest absolute Gasteiger partial charge is 0.294 e. The van der Waals surface area contributed by atoms with Gasteiger partial charge in [0.2, 0.25) is 17.6 Å². The molecule has 0 saturated heterocycles. The Balaban J connectivity index is 1.39. The van der Waals surface area contributed by atoms with E-state index in [9.17, 15) is 14.4 Å². The molecular formula is C26H31ClN6O4. The van der Waals surface area contributed by atoms with Gasteiger partial charge in [0, 0.05) is 37.8 Å². The van der Waals surface area contributed by atoms with Crippen molar-refractivity contribution in [1.82, 2.24) is 20.2 Å². The minimum atomic E-state index is -0.548. The number of amides is 3. The fourth-order valence-electron chi connectivity index (χ4n) is 4.61. The van der Waals surface area contributed by atoms with E-state index in [-0.39, 0.29) is 29.2 Å². The SMILES string of the molecule is CC(=O)NCCCN(C)[C@H]1CC[C@H](C(=O)Nc2c(C(=O)Nc3ccc(Cl)cn3)oc3cccnc23)CC1. The summed E-state index contributed by atoms with van der Waals surface area (Å²) in [4.78, 5) is 48.0. The maximum atomic E-state index is 13.2. The first-order valence-electron chi connectivity index (χ1n) is 12.4. The van der Waals surface area contributed by atoms with E-state index in [0.717, 1.165) is 38.6 Å². The number of hydrogen-bond acceptors (Lipinski definition) is 7. The maximum Gasteiger partial charge on any atom is 0.294 e. The van der Waals surface area contributed by atoms with Gasteiger partial charge in [-0.05, 0) is 70.0 Å². The number of nitrogens with one attached hydrogen (secondary N) is 3. The summed E-state index contributed by atoms with van der Waals surface area (Å²) in [6, 6.07) is 6.99. The van der Waals surface area contributed by atoms with Crippen LogP contribution >= 0.6 is 11.6 Å². The predicted octanol–water partition coefficient (Wildman–Crippen LogP) is 4.08. The number of aromatic nitrogens is 2. The maximum absolute atomic E-state index is 13.2. The fourth-order valence-corrected chi connectivity index (χ4v) is 4.72. The van der Waals surface area contributed by atoms with Crippen LogP contribution in [0.25, 0.3) is 11.1 Å². The van der Waals surface area contributed by atoms with Gasteiger partial charge in [0.1, 0.15) is 17.0 Å². The minimum absolute atomic E-state index is 0.0166. The molecule has 3 aromatic heterocycles. The molecule has 3 heterocycles. The third kappa shape index (κ3) is 6.84. The van der Waals surface area contributed by atoms with Gasteiger partial charge in [-0.15, -0.1) is 0 Å². The lowest BCUT2D eigenvalue weighted by Gasteiger charge is -2.34. The van der Waals surface area contributed by atoms with Crippen molar-refractivity contribution in [3.8, 4) is 0 Å². The van der Waals surface area contributed by atoms with Crippen molar-refractivity contribution in [3.05, 3.63) is 47.4 Å². The molecule has 0 radical (unpaired) electrons. The lowest BCUT2D eigenvalue weighted by atomic mass is 9.84. The lowest BCUT2D eigenvalue weighted by molar-refractivity contribution is -0.121. The van der Waals surface area contributed by atoms with Crippen molar-refractivity contribution in [3.63, 3.8) is 0 Å². The van der Waals surface area contributed by atoms with Gasteiger partial charge >= 0.3 is 0 Å². The highest BCUT2D eigenvalue weighted by atomic mass is 35.5. The van der Waals surface area contributed by atoms with Gasteiger partial charge in [-0.2, -0.15) is 0 Å². The average molecular weight is 527 g/mol. The van der Waals surface area contributed by atoms with Crippen LogP contribution in [-0.2, 0) is 9.59 Å². The number of hydrogen-bond donors (Lipinski definition) is 3. The number of rotatable bonds is 9. The summed E-state index contributed by atoms with van der Waals surface area (Å²) >= 11 is 5.87. The number of furan rings is 1. The molecule has 3 aromatic rings. The normalized spacial score (nSPS) is 17.5. The van der Waals surface area contributed by atoms with Gasteiger partial charge < -0.3 is 25.3 Å². The van der Waals surface area contributed by atoms with Gasteiger partial charge in [-0.1, -0.05) is 11.6 Å². The van der Waals surface area contributed by atoms with Crippen LogP contribution in [0.15, 0.2) is 41.1 Å². The van der Waals surface area contributed by atoms with E-state index >= 15 is 0 Å². The molecule has 3 amide bonds. The molecule has 3 N–H and O–H groups in total. The largest absolute Gasteiger partial charge is 0.447 e. The Hall–Kier alpha value is -3.50. The predicted molar refractivity (Wildman–Crippen MR) is 142 cm³/mol. The van der Waals surface area contributed by atoms with Crippen molar-refractivity contribution in [1.29, 1.82) is 0 Å². The highest BCUT2D eigenvalue weighted by molar-refractivity contribution is 6.30. The Labute approximate surface area is 220 Å². The third-order valence-electron chi connectivity index (χ3n) is 6.62. The van der Waals surface area contributed by atoms with Crippen LogP contribution in [0.3, 0.4) is 0 Å². The Morgan fingerprint density at radius 3 is 2.59 bits per heavy atom. The van der Waals surface area contributed by atoms with E-state index in [1.54, 1.807) is 30.5 Å². The number of carbonyl (C=O) groups excluding carboxylic acids is 3. The molecule has 1 fully saturated rings. The Kier molecular flexibility index (Phi) is 8.73. The molecular weight excluding hydrogens is 496 g/mol. The van der Waals surface area contributed by atoms with E-state index in [1.165, 1.54) is 13.1 Å². The molecule has 0 aliphatic heterocycles. The van der Waals surface area contributed by atoms with Crippen LogP contribution in [0, 0.1) is 5.92 Å². The summed E-state index contributed by atoms with van der Waals surface area (Å²) in [5.41, 5.74) is 1.07. The molecule has 0 aromatic carbocycles. The molecule has 1 aliphatic carbocycles. The minimum Gasteiger partial charge on any atom is -0.447 e. The van der Waals surface area contributed by atoms with Crippen LogP contribution in [-0.4, -0.2) is 58.8 Å². The number of fused-ring (bicyclic) bond motifs is 1. The molecule has 0 spiro atoms. The summed E-state index contributed by atoms with van der Waals surface area (Å²) in [6.07, 6.45) is 7.18. The van der Waals surface area contributed by atoms with E-state index < -0.39 is 5.91 Å². The number of halogens is 1. The highest BCUT2D eigenvalue weighted by Crippen LogP contribution is 2.33. The summed E-state index contributed by atoms with van der Waals surface area (Å²) in [5, 5.41) is 8.87. The quantitative estimate of drug-likeness (QED) is 0.358. The number of carbonyl (C=O) groups is 3. The Morgan fingerprint density at radius 2 is 1.89 bits per heavy atom. The second kappa shape index (κ2) is 12.2. The summed E-state index contributed by atoms with van der Waals surface area (Å²) in [6.45, 7) is 3.06.